The molecule has 0 spiro atoms. The van der Waals surface area contributed by atoms with Crippen molar-refractivity contribution in [2.75, 3.05) is 0 Å². The largest absolute Gasteiger partial charge is 0.389 e. The minimum absolute atomic E-state index is 0.212. The van der Waals surface area contributed by atoms with Gasteiger partial charge in [0.05, 0.1) is 6.10 Å². The summed E-state index contributed by atoms with van der Waals surface area (Å²) in [5.74, 6) is 0. The van der Waals surface area contributed by atoms with Crippen LogP contribution in [0.4, 0.5) is 0 Å². The molecular formula is C9H18O. The summed E-state index contributed by atoms with van der Waals surface area (Å²) >= 11 is 0. The van der Waals surface area contributed by atoms with Gasteiger partial charge in [-0.2, -0.15) is 0 Å². The summed E-state index contributed by atoms with van der Waals surface area (Å²) in [6.07, 6.45) is 8.04. The van der Waals surface area contributed by atoms with Gasteiger partial charge >= 0.3 is 0 Å². The van der Waals surface area contributed by atoms with Crippen LogP contribution in [0.1, 0.15) is 39.5 Å². The molecule has 10 heavy (non-hydrogen) atoms. The highest BCUT2D eigenvalue weighted by atomic mass is 16.3. The van der Waals surface area contributed by atoms with Crippen LogP contribution in [0.2, 0.25) is 0 Å². The molecule has 0 bridgehead atoms. The zero-order chi connectivity index (χ0) is 7.82. The highest BCUT2D eigenvalue weighted by molar-refractivity contribution is 4.84. The SMILES string of the molecule is CC=CC(O)CCCCC. The van der Waals surface area contributed by atoms with Gasteiger partial charge in [0.15, 0.2) is 0 Å². The van der Waals surface area contributed by atoms with Crippen molar-refractivity contribution in [3.8, 4) is 0 Å². The summed E-state index contributed by atoms with van der Waals surface area (Å²) in [6, 6.07) is 0. The number of hydrogen-bond donors (Lipinski definition) is 1. The summed E-state index contributed by atoms with van der Waals surface area (Å²) in [7, 11) is 0. The van der Waals surface area contributed by atoms with E-state index in [0.717, 1.165) is 12.8 Å². The Bertz CT molecular complexity index is 86.7. The van der Waals surface area contributed by atoms with Crippen molar-refractivity contribution in [1.82, 2.24) is 0 Å². The molecule has 0 fully saturated rings. The van der Waals surface area contributed by atoms with E-state index in [-0.39, 0.29) is 6.10 Å². The average molecular weight is 142 g/mol. The van der Waals surface area contributed by atoms with E-state index in [1.807, 2.05) is 19.1 Å². The Labute approximate surface area is 63.8 Å². The average Bonchev–Trinajstić information content (AvgIpc) is 1.89. The standard InChI is InChI=1S/C9H18O/c1-3-5-6-8-9(10)7-4-2/h4,7,9-10H,3,5-6,8H2,1-2H3. The minimum Gasteiger partial charge on any atom is -0.389 e. The van der Waals surface area contributed by atoms with Crippen molar-refractivity contribution >= 4 is 0 Å². The van der Waals surface area contributed by atoms with Crippen LogP contribution in [0.5, 0.6) is 0 Å². The molecule has 1 atom stereocenters. The second kappa shape index (κ2) is 6.81. The molecule has 1 unspecified atom stereocenters. The third kappa shape index (κ3) is 5.83. The molecule has 1 nitrogen and oxygen atoms in total. The zero-order valence-electron chi connectivity index (χ0n) is 7.01. The Morgan fingerprint density at radius 2 is 2.10 bits per heavy atom. The van der Waals surface area contributed by atoms with E-state index in [9.17, 15) is 5.11 Å². The molecule has 0 saturated heterocycles. The summed E-state index contributed by atoms with van der Waals surface area (Å²) < 4.78 is 0. The van der Waals surface area contributed by atoms with Crippen LogP contribution in [0.15, 0.2) is 12.2 Å². The highest BCUT2D eigenvalue weighted by Gasteiger charge is 1.95. The van der Waals surface area contributed by atoms with Crippen molar-refractivity contribution in [3.05, 3.63) is 12.2 Å². The van der Waals surface area contributed by atoms with Crippen LogP contribution in [-0.2, 0) is 0 Å². The molecule has 0 rings (SSSR count). The molecule has 0 heterocycles. The van der Waals surface area contributed by atoms with E-state index in [1.54, 1.807) is 0 Å². The smallest absolute Gasteiger partial charge is 0.0720 e. The van der Waals surface area contributed by atoms with Crippen LogP contribution in [-0.4, -0.2) is 11.2 Å². The van der Waals surface area contributed by atoms with Gasteiger partial charge in [-0.1, -0.05) is 38.3 Å². The fourth-order valence-corrected chi connectivity index (χ4v) is 0.922. The molecule has 60 valence electrons. The molecular weight excluding hydrogens is 124 g/mol. The Morgan fingerprint density at radius 1 is 1.40 bits per heavy atom. The topological polar surface area (TPSA) is 20.2 Å². The van der Waals surface area contributed by atoms with Crippen LogP contribution in [0.25, 0.3) is 0 Å². The van der Waals surface area contributed by atoms with Crippen molar-refractivity contribution < 1.29 is 5.11 Å². The molecule has 0 aromatic carbocycles. The number of rotatable bonds is 5. The van der Waals surface area contributed by atoms with Gasteiger partial charge in [0.2, 0.25) is 0 Å². The number of unbranched alkanes of at least 4 members (excludes halogenated alkanes) is 2. The number of aliphatic hydroxyl groups is 1. The first kappa shape index (κ1) is 9.70. The van der Waals surface area contributed by atoms with E-state index >= 15 is 0 Å². The maximum Gasteiger partial charge on any atom is 0.0720 e. The first-order valence-electron chi connectivity index (χ1n) is 4.12. The van der Waals surface area contributed by atoms with Crippen LogP contribution in [0.3, 0.4) is 0 Å². The molecule has 0 aromatic heterocycles. The minimum atomic E-state index is -0.212. The summed E-state index contributed by atoms with van der Waals surface area (Å²) in [6.45, 7) is 4.10. The van der Waals surface area contributed by atoms with Gasteiger partial charge in [0, 0.05) is 0 Å². The lowest BCUT2D eigenvalue weighted by Gasteiger charge is -2.02. The van der Waals surface area contributed by atoms with Gasteiger partial charge < -0.3 is 5.11 Å². The third-order valence-corrected chi connectivity index (χ3v) is 1.52. The van der Waals surface area contributed by atoms with Crippen molar-refractivity contribution in [2.45, 2.75) is 45.6 Å². The van der Waals surface area contributed by atoms with Crippen LogP contribution >= 0.6 is 0 Å². The lowest BCUT2D eigenvalue weighted by Crippen LogP contribution is -2.00. The van der Waals surface area contributed by atoms with Gasteiger partial charge in [0.1, 0.15) is 0 Å². The lowest BCUT2D eigenvalue weighted by molar-refractivity contribution is 0.208. The molecule has 0 saturated carbocycles. The monoisotopic (exact) mass is 142 g/mol. The van der Waals surface area contributed by atoms with Crippen molar-refractivity contribution in [3.63, 3.8) is 0 Å². The lowest BCUT2D eigenvalue weighted by atomic mass is 10.1. The van der Waals surface area contributed by atoms with E-state index in [4.69, 9.17) is 0 Å². The Hall–Kier alpha value is -0.300. The first-order chi connectivity index (χ1) is 4.81. The van der Waals surface area contributed by atoms with E-state index in [1.165, 1.54) is 12.8 Å². The molecule has 1 heteroatoms. The van der Waals surface area contributed by atoms with Gasteiger partial charge in [-0.15, -0.1) is 0 Å². The molecule has 0 aliphatic heterocycles. The molecule has 0 aliphatic carbocycles. The maximum atomic E-state index is 9.19. The predicted molar refractivity (Wildman–Crippen MR) is 45.0 cm³/mol. The third-order valence-electron chi connectivity index (χ3n) is 1.52. The van der Waals surface area contributed by atoms with Gasteiger partial charge in [-0.3, -0.25) is 0 Å². The number of hydrogen-bond acceptors (Lipinski definition) is 1. The Morgan fingerprint density at radius 3 is 2.60 bits per heavy atom. The van der Waals surface area contributed by atoms with Crippen molar-refractivity contribution in [2.24, 2.45) is 0 Å². The van der Waals surface area contributed by atoms with E-state index in [2.05, 4.69) is 6.92 Å². The normalized spacial score (nSPS) is 14.3. The maximum absolute atomic E-state index is 9.19. The quantitative estimate of drug-likeness (QED) is 0.462. The van der Waals surface area contributed by atoms with Crippen LogP contribution < -0.4 is 0 Å². The summed E-state index contributed by atoms with van der Waals surface area (Å²) in [5.41, 5.74) is 0. The predicted octanol–water partition coefficient (Wildman–Crippen LogP) is 2.50. The molecule has 1 N–H and O–H groups in total. The van der Waals surface area contributed by atoms with Gasteiger partial charge in [-0.05, 0) is 13.3 Å². The molecule has 0 amide bonds. The molecule has 0 aliphatic rings. The molecule has 0 radical (unpaired) electrons. The van der Waals surface area contributed by atoms with E-state index in [0.29, 0.717) is 0 Å². The second-order valence-corrected chi connectivity index (χ2v) is 2.59. The number of aliphatic hydroxyl groups excluding tert-OH is 1. The Kier molecular flexibility index (Phi) is 6.61. The van der Waals surface area contributed by atoms with E-state index < -0.39 is 0 Å². The van der Waals surface area contributed by atoms with Gasteiger partial charge in [-0.25, -0.2) is 0 Å². The zero-order valence-corrected chi connectivity index (χ0v) is 7.01. The first-order valence-corrected chi connectivity index (χ1v) is 4.12. The van der Waals surface area contributed by atoms with Crippen molar-refractivity contribution in [1.29, 1.82) is 0 Å². The number of allylic oxidation sites excluding steroid dienone is 1. The van der Waals surface area contributed by atoms with Crippen LogP contribution in [0, 0.1) is 0 Å². The second-order valence-electron chi connectivity index (χ2n) is 2.59. The van der Waals surface area contributed by atoms with Gasteiger partial charge in [0.25, 0.3) is 0 Å². The summed E-state index contributed by atoms with van der Waals surface area (Å²) in [4.78, 5) is 0. The Balaban J connectivity index is 3.13. The fraction of sp³-hybridized carbons (Fsp3) is 0.778. The highest BCUT2D eigenvalue weighted by Crippen LogP contribution is 2.03. The fourth-order valence-electron chi connectivity index (χ4n) is 0.922. The summed E-state index contributed by atoms with van der Waals surface area (Å²) in [5, 5.41) is 9.19. The molecule has 0 aromatic rings.